The summed E-state index contributed by atoms with van der Waals surface area (Å²) in [4.78, 5) is 0. The van der Waals surface area contributed by atoms with Gasteiger partial charge in [-0.05, 0) is 11.8 Å². The van der Waals surface area contributed by atoms with Crippen LogP contribution in [0.4, 0.5) is 0 Å². The van der Waals surface area contributed by atoms with Gasteiger partial charge in [-0.15, -0.1) is 0 Å². The van der Waals surface area contributed by atoms with Crippen LogP contribution >= 0.6 is 0 Å². The normalized spacial score (nSPS) is 28.6. The smallest absolute Gasteiger partial charge is 0.0347 e. The molecule has 2 fully saturated rings. The first-order chi connectivity index (χ1) is 6.47. The summed E-state index contributed by atoms with van der Waals surface area (Å²) in [5.74, 6) is 1.83. The standard InChI is InChI=1S/C11H21N2/c1-2-4-6-10(7-5-3-1)11-8-12-13-9-11/h10-12H,1-9H2. The third-order valence-corrected chi connectivity index (χ3v) is 3.61. The molecule has 1 saturated heterocycles. The van der Waals surface area contributed by atoms with Crippen LogP contribution in [-0.2, 0) is 0 Å². The van der Waals surface area contributed by atoms with Crippen molar-refractivity contribution in [2.24, 2.45) is 11.8 Å². The molecular weight excluding hydrogens is 160 g/mol. The van der Waals surface area contributed by atoms with E-state index >= 15 is 0 Å². The minimum atomic E-state index is 0.859. The van der Waals surface area contributed by atoms with Crippen molar-refractivity contribution < 1.29 is 0 Å². The highest BCUT2D eigenvalue weighted by molar-refractivity contribution is 4.78. The Morgan fingerprint density at radius 1 is 0.846 bits per heavy atom. The Morgan fingerprint density at radius 2 is 1.54 bits per heavy atom. The van der Waals surface area contributed by atoms with E-state index in [9.17, 15) is 0 Å². The zero-order valence-electron chi connectivity index (χ0n) is 8.47. The molecule has 1 aliphatic carbocycles. The molecule has 2 nitrogen and oxygen atoms in total. The van der Waals surface area contributed by atoms with Gasteiger partial charge in [0, 0.05) is 13.1 Å². The molecule has 0 spiro atoms. The van der Waals surface area contributed by atoms with Crippen molar-refractivity contribution in [3.05, 3.63) is 0 Å². The lowest BCUT2D eigenvalue weighted by Gasteiger charge is -2.24. The van der Waals surface area contributed by atoms with Gasteiger partial charge in [-0.3, -0.25) is 0 Å². The number of nitrogens with one attached hydrogen (secondary N) is 1. The van der Waals surface area contributed by atoms with Crippen molar-refractivity contribution in [3.63, 3.8) is 0 Å². The van der Waals surface area contributed by atoms with E-state index in [1.807, 2.05) is 0 Å². The van der Waals surface area contributed by atoms with Crippen molar-refractivity contribution >= 4 is 0 Å². The maximum atomic E-state index is 4.24. The van der Waals surface area contributed by atoms with Gasteiger partial charge in [0.2, 0.25) is 0 Å². The van der Waals surface area contributed by atoms with E-state index in [1.54, 1.807) is 0 Å². The molecule has 1 N–H and O–H groups in total. The number of hydrogen-bond acceptors (Lipinski definition) is 1. The van der Waals surface area contributed by atoms with Crippen LogP contribution in [-0.4, -0.2) is 13.1 Å². The predicted octanol–water partition coefficient (Wildman–Crippen LogP) is 2.09. The van der Waals surface area contributed by atoms with Gasteiger partial charge in [-0.2, -0.15) is 5.43 Å². The van der Waals surface area contributed by atoms with E-state index in [4.69, 9.17) is 0 Å². The van der Waals surface area contributed by atoms with Crippen molar-refractivity contribution in [2.45, 2.75) is 44.9 Å². The summed E-state index contributed by atoms with van der Waals surface area (Å²) in [5, 5.41) is 0. The molecule has 1 saturated carbocycles. The maximum absolute atomic E-state index is 4.24. The summed E-state index contributed by atoms with van der Waals surface area (Å²) < 4.78 is 0. The molecule has 0 bridgehead atoms. The van der Waals surface area contributed by atoms with Gasteiger partial charge in [-0.1, -0.05) is 44.9 Å². The Kier molecular flexibility index (Phi) is 3.62. The van der Waals surface area contributed by atoms with Gasteiger partial charge in [0.15, 0.2) is 0 Å². The summed E-state index contributed by atoms with van der Waals surface area (Å²) in [5.41, 5.74) is 7.37. The molecule has 1 aliphatic heterocycles. The molecule has 2 aliphatic rings. The Hall–Kier alpha value is -0.0800. The Morgan fingerprint density at radius 3 is 2.15 bits per heavy atom. The van der Waals surface area contributed by atoms with Crippen molar-refractivity contribution in [1.29, 1.82) is 0 Å². The van der Waals surface area contributed by atoms with Crippen LogP contribution in [0.3, 0.4) is 0 Å². The van der Waals surface area contributed by atoms with Crippen molar-refractivity contribution in [2.75, 3.05) is 13.1 Å². The van der Waals surface area contributed by atoms with E-state index in [1.165, 1.54) is 44.9 Å². The highest BCUT2D eigenvalue weighted by Crippen LogP contribution is 2.28. The summed E-state index contributed by atoms with van der Waals surface area (Å²) in [6, 6.07) is 0. The fourth-order valence-electron chi connectivity index (χ4n) is 2.70. The number of rotatable bonds is 1. The summed E-state index contributed by atoms with van der Waals surface area (Å²) in [7, 11) is 0. The van der Waals surface area contributed by atoms with E-state index in [0.717, 1.165) is 24.9 Å². The second kappa shape index (κ2) is 4.97. The third-order valence-electron chi connectivity index (χ3n) is 3.61. The van der Waals surface area contributed by atoms with Gasteiger partial charge in [0.25, 0.3) is 0 Å². The number of nitrogens with zero attached hydrogens (tertiary/aromatic N) is 1. The zero-order valence-corrected chi connectivity index (χ0v) is 8.47. The molecule has 0 aromatic heterocycles. The van der Waals surface area contributed by atoms with Crippen molar-refractivity contribution in [3.8, 4) is 0 Å². The summed E-state index contributed by atoms with van der Waals surface area (Å²) >= 11 is 0. The molecule has 75 valence electrons. The second-order valence-corrected chi connectivity index (χ2v) is 4.57. The Balaban J connectivity index is 1.80. The van der Waals surface area contributed by atoms with Gasteiger partial charge >= 0.3 is 0 Å². The average Bonchev–Trinajstić information content (AvgIpc) is 2.55. The topological polar surface area (TPSA) is 26.1 Å². The Labute approximate surface area is 81.4 Å². The van der Waals surface area contributed by atoms with Crippen LogP contribution in [0.2, 0.25) is 0 Å². The van der Waals surface area contributed by atoms with Crippen LogP contribution in [0.1, 0.15) is 44.9 Å². The fourth-order valence-corrected chi connectivity index (χ4v) is 2.70. The van der Waals surface area contributed by atoms with Crippen LogP contribution < -0.4 is 10.9 Å². The minimum absolute atomic E-state index is 0.859. The van der Waals surface area contributed by atoms with Gasteiger partial charge in [-0.25, -0.2) is 5.43 Å². The van der Waals surface area contributed by atoms with Gasteiger partial charge in [0.1, 0.15) is 0 Å². The molecule has 0 aromatic carbocycles. The van der Waals surface area contributed by atoms with Gasteiger partial charge < -0.3 is 0 Å². The molecule has 2 heteroatoms. The van der Waals surface area contributed by atoms with Crippen LogP contribution in [0.25, 0.3) is 0 Å². The molecule has 1 atom stereocenters. The lowest BCUT2D eigenvalue weighted by molar-refractivity contribution is 0.290. The van der Waals surface area contributed by atoms with Crippen LogP contribution in [0, 0.1) is 11.8 Å². The lowest BCUT2D eigenvalue weighted by atomic mass is 9.82. The largest absolute Gasteiger partial charge is 0.240 e. The molecular formula is C11H21N2. The SMILES string of the molecule is C1CCCC(C2C[N]NC2)CCC1. The number of hydrogen-bond donors (Lipinski definition) is 1. The first kappa shape index (κ1) is 9.47. The third kappa shape index (κ3) is 2.68. The Bertz CT molecular complexity index is 133. The summed E-state index contributed by atoms with van der Waals surface area (Å²) in [6.45, 7) is 2.22. The van der Waals surface area contributed by atoms with E-state index in [2.05, 4.69) is 10.9 Å². The highest BCUT2D eigenvalue weighted by Gasteiger charge is 2.25. The predicted molar refractivity (Wildman–Crippen MR) is 54.3 cm³/mol. The monoisotopic (exact) mass is 181 g/mol. The average molecular weight is 181 g/mol. The van der Waals surface area contributed by atoms with E-state index in [-0.39, 0.29) is 0 Å². The fraction of sp³-hybridized carbons (Fsp3) is 1.00. The molecule has 13 heavy (non-hydrogen) atoms. The van der Waals surface area contributed by atoms with Crippen molar-refractivity contribution in [1.82, 2.24) is 10.9 Å². The first-order valence-corrected chi connectivity index (χ1v) is 5.86. The molecule has 1 unspecified atom stereocenters. The molecule has 0 aromatic rings. The highest BCUT2D eigenvalue weighted by atomic mass is 15.4. The molecule has 2 rings (SSSR count). The van der Waals surface area contributed by atoms with Crippen LogP contribution in [0.5, 0.6) is 0 Å². The minimum Gasteiger partial charge on any atom is -0.240 e. The zero-order chi connectivity index (χ0) is 8.93. The van der Waals surface area contributed by atoms with Crippen LogP contribution in [0.15, 0.2) is 0 Å². The lowest BCUT2D eigenvalue weighted by Crippen LogP contribution is -2.20. The molecule has 1 heterocycles. The van der Waals surface area contributed by atoms with Gasteiger partial charge in [0.05, 0.1) is 0 Å². The summed E-state index contributed by atoms with van der Waals surface area (Å²) in [6.07, 6.45) is 10.2. The maximum Gasteiger partial charge on any atom is 0.0347 e. The quantitative estimate of drug-likeness (QED) is 0.658. The first-order valence-electron chi connectivity index (χ1n) is 5.86. The van der Waals surface area contributed by atoms with E-state index in [0.29, 0.717) is 0 Å². The molecule has 1 radical (unpaired) electrons. The second-order valence-electron chi connectivity index (χ2n) is 4.57. The molecule has 0 amide bonds. The van der Waals surface area contributed by atoms with E-state index < -0.39 is 0 Å².